The van der Waals surface area contributed by atoms with Crippen molar-refractivity contribution in [3.63, 3.8) is 0 Å². The van der Waals surface area contributed by atoms with Gasteiger partial charge in [-0.05, 0) is 31.5 Å². The van der Waals surface area contributed by atoms with E-state index in [1.807, 2.05) is 6.92 Å². The van der Waals surface area contributed by atoms with Gasteiger partial charge in [0.2, 0.25) is 5.43 Å². The largest absolute Gasteiger partial charge is 0.294 e. The predicted molar refractivity (Wildman–Crippen MR) is 111 cm³/mol. The Morgan fingerprint density at radius 2 is 2.00 bits per heavy atom. The molecule has 4 rings (SSSR count). The Balaban J connectivity index is 1.74. The highest BCUT2D eigenvalue weighted by Crippen LogP contribution is 2.20. The van der Waals surface area contributed by atoms with Crippen LogP contribution in [-0.4, -0.2) is 25.3 Å². The van der Waals surface area contributed by atoms with Gasteiger partial charge in [-0.15, -0.1) is 11.3 Å². The molecule has 3 aromatic heterocycles. The normalized spacial score (nSPS) is 11.0. The molecule has 4 aromatic rings. The molecule has 8 nitrogen and oxygen atoms in total. The van der Waals surface area contributed by atoms with Crippen LogP contribution in [0.5, 0.6) is 0 Å². The van der Waals surface area contributed by atoms with E-state index >= 15 is 0 Å². The van der Waals surface area contributed by atoms with Crippen molar-refractivity contribution >= 4 is 27.5 Å². The van der Waals surface area contributed by atoms with Gasteiger partial charge in [-0.1, -0.05) is 19.1 Å². The minimum atomic E-state index is -0.903. The lowest BCUT2D eigenvalue weighted by molar-refractivity contribution is 0.0999. The summed E-state index contributed by atoms with van der Waals surface area (Å²) in [5.41, 5.74) is 1.19. The van der Waals surface area contributed by atoms with Crippen LogP contribution in [0, 0.1) is 12.7 Å². The highest BCUT2D eigenvalue weighted by atomic mass is 32.1. The number of thiophene rings is 1. The molecule has 30 heavy (non-hydrogen) atoms. The summed E-state index contributed by atoms with van der Waals surface area (Å²) in [7, 11) is 0. The molecule has 10 heteroatoms. The number of carbonyl (C=O) groups excluding carboxylic acids is 1. The van der Waals surface area contributed by atoms with E-state index in [0.717, 1.165) is 16.0 Å². The molecule has 0 saturated heterocycles. The second kappa shape index (κ2) is 7.64. The molecule has 0 saturated carbocycles. The molecule has 0 atom stereocenters. The molecule has 0 fully saturated rings. The molecular formula is C20H16FN5O3S. The van der Waals surface area contributed by atoms with Crippen molar-refractivity contribution in [2.24, 2.45) is 0 Å². The molecule has 0 aliphatic rings. The monoisotopic (exact) mass is 425 g/mol. The lowest BCUT2D eigenvalue weighted by Crippen LogP contribution is -2.36. The maximum absolute atomic E-state index is 14.2. The second-order valence-corrected chi connectivity index (χ2v) is 7.62. The van der Waals surface area contributed by atoms with Gasteiger partial charge in [0.05, 0.1) is 5.39 Å². The molecule has 0 unspecified atom stereocenters. The maximum Gasteiger partial charge on any atom is 0.294 e. The average Bonchev–Trinajstić information content (AvgIpc) is 3.15. The highest BCUT2D eigenvalue weighted by molar-refractivity contribution is 7.18. The summed E-state index contributed by atoms with van der Waals surface area (Å²) in [5.74, 6) is -1.46. The maximum atomic E-state index is 14.2. The van der Waals surface area contributed by atoms with Crippen molar-refractivity contribution in [1.29, 1.82) is 0 Å². The summed E-state index contributed by atoms with van der Waals surface area (Å²) in [6.45, 7) is 3.54. The van der Waals surface area contributed by atoms with Crippen LogP contribution < -0.4 is 16.4 Å². The van der Waals surface area contributed by atoms with Gasteiger partial charge in [0, 0.05) is 16.6 Å². The number of fused-ring (bicyclic) bond motifs is 1. The van der Waals surface area contributed by atoms with E-state index in [-0.39, 0.29) is 5.69 Å². The summed E-state index contributed by atoms with van der Waals surface area (Å²) < 4.78 is 16.3. The average molecular weight is 425 g/mol. The minimum absolute atomic E-state index is 0.0923. The van der Waals surface area contributed by atoms with Crippen LogP contribution in [0.2, 0.25) is 0 Å². The molecule has 1 amide bonds. The fourth-order valence-electron chi connectivity index (χ4n) is 2.96. The number of halogens is 1. The standard InChI is InChI=1S/C20H16FN5O3S/c1-3-12-9-13-19(30-12)22-10-25(20(13)29)24-18(28)17-16(27)8-11(2)26(23-17)15-7-5-4-6-14(15)21/h4-10H,3H2,1-2H3,(H,24,28). The van der Waals surface area contributed by atoms with Crippen molar-refractivity contribution in [3.05, 3.63) is 85.4 Å². The van der Waals surface area contributed by atoms with E-state index in [0.29, 0.717) is 15.9 Å². The number of carbonyl (C=O) groups is 1. The first-order chi connectivity index (χ1) is 14.4. The third-order valence-corrected chi connectivity index (χ3v) is 5.66. The number of nitrogens with zero attached hydrogens (tertiary/aromatic N) is 4. The van der Waals surface area contributed by atoms with E-state index < -0.39 is 28.4 Å². The SMILES string of the molecule is CCc1cc2c(=O)n(NC(=O)c3nn(-c4ccccc4F)c(C)cc3=O)cnc2s1. The minimum Gasteiger partial charge on any atom is -0.287 e. The number of aromatic nitrogens is 4. The molecule has 0 spiro atoms. The van der Waals surface area contributed by atoms with Crippen LogP contribution in [-0.2, 0) is 6.42 Å². The van der Waals surface area contributed by atoms with Crippen molar-refractivity contribution < 1.29 is 9.18 Å². The molecule has 1 N–H and O–H groups in total. The zero-order chi connectivity index (χ0) is 21.4. The number of aryl methyl sites for hydroxylation is 2. The molecular weight excluding hydrogens is 409 g/mol. The summed E-state index contributed by atoms with van der Waals surface area (Å²) in [6, 6.07) is 8.78. The van der Waals surface area contributed by atoms with Gasteiger partial charge in [-0.2, -0.15) is 5.10 Å². The third-order valence-electron chi connectivity index (χ3n) is 4.48. The fourth-order valence-corrected chi connectivity index (χ4v) is 3.89. The zero-order valence-corrected chi connectivity index (χ0v) is 16.9. The van der Waals surface area contributed by atoms with Crippen molar-refractivity contribution in [1.82, 2.24) is 19.4 Å². The van der Waals surface area contributed by atoms with E-state index in [4.69, 9.17) is 0 Å². The molecule has 0 aliphatic heterocycles. The lowest BCUT2D eigenvalue weighted by atomic mass is 10.2. The van der Waals surface area contributed by atoms with Crippen molar-refractivity contribution in [3.8, 4) is 5.69 Å². The van der Waals surface area contributed by atoms with Crippen LogP contribution >= 0.6 is 11.3 Å². The summed E-state index contributed by atoms with van der Waals surface area (Å²) >= 11 is 1.40. The second-order valence-electron chi connectivity index (χ2n) is 6.51. The Bertz CT molecular complexity index is 1410. The smallest absolute Gasteiger partial charge is 0.287 e. The predicted octanol–water partition coefficient (Wildman–Crippen LogP) is 2.40. The summed E-state index contributed by atoms with van der Waals surface area (Å²) in [5, 5.41) is 4.40. The van der Waals surface area contributed by atoms with Gasteiger partial charge < -0.3 is 0 Å². The van der Waals surface area contributed by atoms with Gasteiger partial charge in [-0.25, -0.2) is 18.7 Å². The van der Waals surface area contributed by atoms with Crippen LogP contribution in [0.15, 0.2) is 52.3 Å². The molecule has 1 aromatic carbocycles. The van der Waals surface area contributed by atoms with Crippen LogP contribution in [0.1, 0.15) is 28.0 Å². The molecule has 152 valence electrons. The Labute approximate surface area is 173 Å². The molecule has 0 bridgehead atoms. The highest BCUT2D eigenvalue weighted by Gasteiger charge is 2.18. The van der Waals surface area contributed by atoms with Gasteiger partial charge in [0.1, 0.15) is 22.7 Å². The van der Waals surface area contributed by atoms with Crippen molar-refractivity contribution in [2.75, 3.05) is 5.43 Å². The van der Waals surface area contributed by atoms with Crippen molar-refractivity contribution in [2.45, 2.75) is 20.3 Å². The van der Waals surface area contributed by atoms with E-state index in [1.165, 1.54) is 46.6 Å². The Kier molecular flexibility index (Phi) is 5.00. The number of para-hydroxylation sites is 1. The van der Waals surface area contributed by atoms with Crippen LogP contribution in [0.3, 0.4) is 0 Å². The number of rotatable bonds is 4. The van der Waals surface area contributed by atoms with Crippen LogP contribution in [0.25, 0.3) is 15.9 Å². The molecule has 3 heterocycles. The van der Waals surface area contributed by atoms with Gasteiger partial charge >= 0.3 is 0 Å². The lowest BCUT2D eigenvalue weighted by Gasteiger charge is -2.12. The van der Waals surface area contributed by atoms with Crippen LogP contribution in [0.4, 0.5) is 4.39 Å². The Morgan fingerprint density at radius 1 is 1.23 bits per heavy atom. The zero-order valence-electron chi connectivity index (χ0n) is 16.0. The third kappa shape index (κ3) is 3.41. The summed E-state index contributed by atoms with van der Waals surface area (Å²) in [6.07, 6.45) is 1.94. The van der Waals surface area contributed by atoms with Gasteiger partial charge in [-0.3, -0.25) is 19.8 Å². The first kappa shape index (κ1) is 19.6. The molecule has 0 radical (unpaired) electrons. The fraction of sp³-hybridized carbons (Fsp3) is 0.150. The summed E-state index contributed by atoms with van der Waals surface area (Å²) in [4.78, 5) is 43.4. The topological polar surface area (TPSA) is 98.9 Å². The van der Waals surface area contributed by atoms with E-state index in [2.05, 4.69) is 15.5 Å². The number of amides is 1. The van der Waals surface area contributed by atoms with E-state index in [9.17, 15) is 18.8 Å². The number of hydrogen-bond acceptors (Lipinski definition) is 6. The van der Waals surface area contributed by atoms with E-state index in [1.54, 1.807) is 19.1 Å². The Hall–Kier alpha value is -3.66. The first-order valence-electron chi connectivity index (χ1n) is 9.06. The quantitative estimate of drug-likeness (QED) is 0.541. The number of hydrogen-bond donors (Lipinski definition) is 1. The molecule has 0 aliphatic carbocycles. The van der Waals surface area contributed by atoms with Gasteiger partial charge in [0.15, 0.2) is 5.69 Å². The number of nitrogens with one attached hydrogen (secondary N) is 1. The van der Waals surface area contributed by atoms with Gasteiger partial charge in [0.25, 0.3) is 11.5 Å². The first-order valence-corrected chi connectivity index (χ1v) is 9.88. The number of benzene rings is 1. The Morgan fingerprint density at radius 3 is 2.73 bits per heavy atom.